The predicted molar refractivity (Wildman–Crippen MR) is 64.1 cm³/mol. The molecule has 0 N–H and O–H groups in total. The van der Waals surface area contributed by atoms with Gasteiger partial charge >= 0.3 is 0 Å². The van der Waals surface area contributed by atoms with E-state index in [9.17, 15) is 0 Å². The van der Waals surface area contributed by atoms with Crippen LogP contribution in [0.1, 0.15) is 18.1 Å². The highest BCUT2D eigenvalue weighted by Crippen LogP contribution is 2.23. The minimum absolute atomic E-state index is 0.815. The van der Waals surface area contributed by atoms with Crippen molar-refractivity contribution < 1.29 is 0 Å². The SMILES string of the molecule is CC(=Nc1c(C)cccc1C)n1cncn1. The van der Waals surface area contributed by atoms with Gasteiger partial charge in [0, 0.05) is 0 Å². The fourth-order valence-electron chi connectivity index (χ4n) is 1.57. The summed E-state index contributed by atoms with van der Waals surface area (Å²) < 4.78 is 1.66. The van der Waals surface area contributed by atoms with Crippen molar-refractivity contribution in [3.63, 3.8) is 0 Å². The van der Waals surface area contributed by atoms with Crippen LogP contribution in [-0.2, 0) is 0 Å². The van der Waals surface area contributed by atoms with Crippen LogP contribution in [0.15, 0.2) is 35.8 Å². The zero-order valence-corrected chi connectivity index (χ0v) is 9.68. The molecular formula is C12H14N4. The van der Waals surface area contributed by atoms with E-state index in [4.69, 9.17) is 0 Å². The smallest absolute Gasteiger partial charge is 0.138 e. The molecule has 0 saturated heterocycles. The summed E-state index contributed by atoms with van der Waals surface area (Å²) in [6.07, 6.45) is 3.15. The van der Waals surface area contributed by atoms with Crippen molar-refractivity contribution in [1.82, 2.24) is 14.8 Å². The summed E-state index contributed by atoms with van der Waals surface area (Å²) in [6.45, 7) is 6.03. The number of aryl methyl sites for hydroxylation is 2. The highest BCUT2D eigenvalue weighted by atomic mass is 15.3. The zero-order chi connectivity index (χ0) is 11.5. The lowest BCUT2D eigenvalue weighted by Crippen LogP contribution is -2.07. The fourth-order valence-corrected chi connectivity index (χ4v) is 1.57. The Morgan fingerprint density at radius 3 is 2.50 bits per heavy atom. The molecule has 82 valence electrons. The maximum absolute atomic E-state index is 4.58. The standard InChI is InChI=1S/C12H14N4/c1-9-5-4-6-10(2)12(9)15-11(3)16-8-13-7-14-16/h4-8H,1-3H3. The van der Waals surface area contributed by atoms with Gasteiger partial charge in [0.2, 0.25) is 0 Å². The first-order valence-electron chi connectivity index (χ1n) is 5.15. The minimum atomic E-state index is 0.815. The van der Waals surface area contributed by atoms with Crippen molar-refractivity contribution in [3.05, 3.63) is 42.0 Å². The summed E-state index contributed by atoms with van der Waals surface area (Å²) in [7, 11) is 0. The third-order valence-corrected chi connectivity index (χ3v) is 2.46. The summed E-state index contributed by atoms with van der Waals surface area (Å²) in [4.78, 5) is 8.48. The lowest BCUT2D eigenvalue weighted by Gasteiger charge is -2.05. The Morgan fingerprint density at radius 2 is 1.94 bits per heavy atom. The first-order chi connectivity index (χ1) is 7.68. The van der Waals surface area contributed by atoms with Crippen molar-refractivity contribution in [2.75, 3.05) is 0 Å². The van der Waals surface area contributed by atoms with E-state index >= 15 is 0 Å². The summed E-state index contributed by atoms with van der Waals surface area (Å²) >= 11 is 0. The van der Waals surface area contributed by atoms with E-state index in [-0.39, 0.29) is 0 Å². The molecule has 0 radical (unpaired) electrons. The molecule has 16 heavy (non-hydrogen) atoms. The van der Waals surface area contributed by atoms with Crippen molar-refractivity contribution >= 4 is 11.5 Å². The molecule has 0 amide bonds. The number of benzene rings is 1. The molecule has 4 nitrogen and oxygen atoms in total. The van der Waals surface area contributed by atoms with Crippen molar-refractivity contribution in [2.45, 2.75) is 20.8 Å². The lowest BCUT2D eigenvalue weighted by molar-refractivity contribution is 0.925. The van der Waals surface area contributed by atoms with Crippen LogP contribution in [0.5, 0.6) is 0 Å². The third kappa shape index (κ3) is 2.00. The Hall–Kier alpha value is -1.97. The molecule has 0 spiro atoms. The highest BCUT2D eigenvalue weighted by Gasteiger charge is 2.02. The predicted octanol–water partition coefficient (Wildman–Crippen LogP) is 2.49. The Labute approximate surface area is 94.7 Å². The largest absolute Gasteiger partial charge is 0.233 e. The number of aromatic nitrogens is 3. The van der Waals surface area contributed by atoms with E-state index in [1.807, 2.05) is 13.0 Å². The van der Waals surface area contributed by atoms with Crippen molar-refractivity contribution in [1.29, 1.82) is 0 Å². The van der Waals surface area contributed by atoms with Gasteiger partial charge in [-0.3, -0.25) is 0 Å². The number of hydrogen-bond donors (Lipinski definition) is 0. The Morgan fingerprint density at radius 1 is 1.25 bits per heavy atom. The summed E-state index contributed by atoms with van der Waals surface area (Å²) in [5.41, 5.74) is 3.34. The number of rotatable bonds is 1. The first-order valence-corrected chi connectivity index (χ1v) is 5.15. The average Bonchev–Trinajstić information content (AvgIpc) is 2.76. The number of nitrogens with zero attached hydrogens (tertiary/aromatic N) is 4. The fraction of sp³-hybridized carbons (Fsp3) is 0.250. The molecule has 0 saturated carbocycles. The first kappa shape index (κ1) is 10.5. The van der Waals surface area contributed by atoms with Crippen molar-refractivity contribution in [3.8, 4) is 0 Å². The van der Waals surface area contributed by atoms with Gasteiger partial charge in [-0.2, -0.15) is 5.10 Å². The van der Waals surface area contributed by atoms with Gasteiger partial charge in [-0.1, -0.05) is 18.2 Å². The molecule has 1 heterocycles. The molecule has 1 aromatic carbocycles. The van der Waals surface area contributed by atoms with Crippen LogP contribution in [-0.4, -0.2) is 20.6 Å². The van der Waals surface area contributed by atoms with Gasteiger partial charge in [0.25, 0.3) is 0 Å². The monoisotopic (exact) mass is 214 g/mol. The second kappa shape index (κ2) is 4.26. The molecule has 0 atom stereocenters. The topological polar surface area (TPSA) is 43.1 Å². The quantitative estimate of drug-likeness (QED) is 0.540. The second-order valence-corrected chi connectivity index (χ2v) is 3.74. The van der Waals surface area contributed by atoms with Crippen LogP contribution in [0.25, 0.3) is 0 Å². The zero-order valence-electron chi connectivity index (χ0n) is 9.68. The summed E-state index contributed by atoms with van der Waals surface area (Å²) in [5.74, 6) is 0.815. The van der Waals surface area contributed by atoms with Crippen molar-refractivity contribution in [2.24, 2.45) is 4.99 Å². The summed E-state index contributed by atoms with van der Waals surface area (Å²) in [6, 6.07) is 6.15. The van der Waals surface area contributed by atoms with Gasteiger partial charge in [-0.25, -0.2) is 14.7 Å². The molecule has 0 aliphatic rings. The minimum Gasteiger partial charge on any atom is -0.233 e. The molecule has 4 heteroatoms. The van der Waals surface area contributed by atoms with Gasteiger partial charge in [0.05, 0.1) is 5.69 Å². The number of aliphatic imine (C=N–C) groups is 1. The Balaban J connectivity index is 2.43. The van der Waals surface area contributed by atoms with E-state index in [1.54, 1.807) is 11.0 Å². The van der Waals surface area contributed by atoms with Gasteiger partial charge in [-0.05, 0) is 31.9 Å². The van der Waals surface area contributed by atoms with Crippen LogP contribution >= 0.6 is 0 Å². The van der Waals surface area contributed by atoms with Crippen LogP contribution < -0.4 is 0 Å². The van der Waals surface area contributed by atoms with E-state index < -0.39 is 0 Å². The van der Waals surface area contributed by atoms with Crippen LogP contribution in [0.4, 0.5) is 5.69 Å². The molecule has 0 aliphatic heterocycles. The Bertz CT molecular complexity index is 492. The van der Waals surface area contributed by atoms with Gasteiger partial charge in [0.15, 0.2) is 0 Å². The van der Waals surface area contributed by atoms with Gasteiger partial charge in [-0.15, -0.1) is 0 Å². The molecule has 0 fully saturated rings. The molecule has 0 unspecified atom stereocenters. The van der Waals surface area contributed by atoms with Gasteiger partial charge in [0.1, 0.15) is 18.5 Å². The molecule has 2 aromatic rings. The molecule has 0 aliphatic carbocycles. The van der Waals surface area contributed by atoms with E-state index in [2.05, 4.69) is 41.1 Å². The van der Waals surface area contributed by atoms with Crippen LogP contribution in [0.3, 0.4) is 0 Å². The van der Waals surface area contributed by atoms with Gasteiger partial charge < -0.3 is 0 Å². The van der Waals surface area contributed by atoms with E-state index in [1.165, 1.54) is 17.5 Å². The van der Waals surface area contributed by atoms with E-state index in [0.29, 0.717) is 0 Å². The second-order valence-electron chi connectivity index (χ2n) is 3.74. The number of para-hydroxylation sites is 1. The Kier molecular flexibility index (Phi) is 2.81. The summed E-state index contributed by atoms with van der Waals surface area (Å²) in [5, 5.41) is 4.05. The number of hydrogen-bond acceptors (Lipinski definition) is 3. The lowest BCUT2D eigenvalue weighted by atomic mass is 10.1. The van der Waals surface area contributed by atoms with E-state index in [0.717, 1.165) is 11.5 Å². The van der Waals surface area contributed by atoms with Crippen LogP contribution in [0.2, 0.25) is 0 Å². The third-order valence-electron chi connectivity index (χ3n) is 2.46. The molecule has 1 aromatic heterocycles. The maximum atomic E-state index is 4.58. The normalized spacial score (nSPS) is 11.8. The highest BCUT2D eigenvalue weighted by molar-refractivity contribution is 5.84. The van der Waals surface area contributed by atoms with Crippen LogP contribution in [0, 0.1) is 13.8 Å². The molecule has 0 bridgehead atoms. The maximum Gasteiger partial charge on any atom is 0.138 e. The average molecular weight is 214 g/mol. The molecule has 2 rings (SSSR count). The molecular weight excluding hydrogens is 200 g/mol.